The minimum Gasteiger partial charge on any atom is -0.465 e. The van der Waals surface area contributed by atoms with Crippen molar-refractivity contribution < 1.29 is 14.3 Å². The van der Waals surface area contributed by atoms with Gasteiger partial charge in [0.25, 0.3) is 0 Å². The lowest BCUT2D eigenvalue weighted by Crippen LogP contribution is -2.04. The van der Waals surface area contributed by atoms with Crippen molar-refractivity contribution in [2.45, 2.75) is 9.92 Å². The molecule has 0 spiro atoms. The maximum atomic E-state index is 11.7. The van der Waals surface area contributed by atoms with Crippen molar-refractivity contribution in [1.82, 2.24) is 4.98 Å². The average molecular weight is 333 g/mol. The quantitative estimate of drug-likeness (QED) is 0.631. The Morgan fingerprint density at radius 3 is 2.91 bits per heavy atom. The van der Waals surface area contributed by atoms with Gasteiger partial charge in [0.1, 0.15) is 5.03 Å². The van der Waals surface area contributed by atoms with Crippen LogP contribution >= 0.6 is 23.4 Å². The molecule has 0 atom stereocenters. The van der Waals surface area contributed by atoms with Gasteiger partial charge in [0.15, 0.2) is 6.29 Å². The van der Waals surface area contributed by atoms with Crippen molar-refractivity contribution >= 4 is 35.6 Å². The van der Waals surface area contributed by atoms with Crippen LogP contribution in [0.25, 0.3) is 0 Å². The van der Waals surface area contributed by atoms with E-state index in [1.54, 1.807) is 12.1 Å². The Morgan fingerprint density at radius 1 is 1.50 bits per heavy atom. The van der Waals surface area contributed by atoms with E-state index in [0.717, 1.165) is 11.8 Å². The first-order valence-electron chi connectivity index (χ1n) is 6.00. The van der Waals surface area contributed by atoms with E-state index in [-0.39, 0.29) is 21.7 Å². The minimum atomic E-state index is -0.534. The zero-order chi connectivity index (χ0) is 16.1. The summed E-state index contributed by atoms with van der Waals surface area (Å²) in [6.45, 7) is 0. The van der Waals surface area contributed by atoms with Crippen LogP contribution < -0.4 is 0 Å². The zero-order valence-corrected chi connectivity index (χ0v) is 12.9. The molecule has 110 valence electrons. The third-order valence-corrected chi connectivity index (χ3v) is 4.29. The van der Waals surface area contributed by atoms with Crippen molar-refractivity contribution in [2.24, 2.45) is 0 Å². The van der Waals surface area contributed by atoms with Crippen LogP contribution in [0.5, 0.6) is 0 Å². The molecule has 1 aromatic carbocycles. The van der Waals surface area contributed by atoms with E-state index in [2.05, 4.69) is 4.98 Å². The largest absolute Gasteiger partial charge is 0.465 e. The van der Waals surface area contributed by atoms with Gasteiger partial charge in [-0.25, -0.2) is 9.78 Å². The number of ether oxygens (including phenoxy) is 1. The summed E-state index contributed by atoms with van der Waals surface area (Å²) in [6, 6.07) is 8.00. The molecule has 0 radical (unpaired) electrons. The van der Waals surface area contributed by atoms with Crippen molar-refractivity contribution in [3.05, 3.63) is 52.2 Å². The van der Waals surface area contributed by atoms with Crippen molar-refractivity contribution in [1.29, 1.82) is 5.26 Å². The fraction of sp³-hybridized carbons (Fsp3) is 0.0667. The first-order valence-corrected chi connectivity index (χ1v) is 7.20. The summed E-state index contributed by atoms with van der Waals surface area (Å²) in [5, 5.41) is 9.51. The summed E-state index contributed by atoms with van der Waals surface area (Å²) in [4.78, 5) is 27.5. The number of hydrogen-bond acceptors (Lipinski definition) is 6. The molecule has 0 fully saturated rings. The van der Waals surface area contributed by atoms with Gasteiger partial charge in [-0.05, 0) is 24.3 Å². The zero-order valence-electron chi connectivity index (χ0n) is 11.4. The molecule has 0 aliphatic heterocycles. The summed E-state index contributed by atoms with van der Waals surface area (Å²) < 4.78 is 4.70. The van der Waals surface area contributed by atoms with Crippen molar-refractivity contribution in [3.63, 3.8) is 0 Å². The van der Waals surface area contributed by atoms with Gasteiger partial charge >= 0.3 is 5.97 Å². The second-order valence-electron chi connectivity index (χ2n) is 4.06. The second kappa shape index (κ2) is 7.07. The number of carbonyl (C=O) groups excluding carboxylic acids is 2. The molecule has 2 aromatic rings. The molecule has 0 saturated heterocycles. The van der Waals surface area contributed by atoms with Crippen LogP contribution in [-0.2, 0) is 4.74 Å². The molecule has 0 bridgehead atoms. The normalized spacial score (nSPS) is 9.86. The molecule has 5 nitrogen and oxygen atoms in total. The Hall–Kier alpha value is -2.36. The monoisotopic (exact) mass is 332 g/mol. The number of methoxy groups -OCH3 is 1. The first kappa shape index (κ1) is 16.0. The molecule has 22 heavy (non-hydrogen) atoms. The summed E-state index contributed by atoms with van der Waals surface area (Å²) in [6.07, 6.45) is 2.13. The number of nitrogens with zero attached hydrogens (tertiary/aromatic N) is 2. The van der Waals surface area contributed by atoms with Gasteiger partial charge in [-0.1, -0.05) is 23.4 Å². The van der Waals surface area contributed by atoms with Gasteiger partial charge in [0.05, 0.1) is 29.3 Å². The lowest BCUT2D eigenvalue weighted by atomic mass is 10.1. The number of hydrogen-bond donors (Lipinski definition) is 0. The molecule has 0 unspecified atom stereocenters. The Bertz CT molecular complexity index is 787. The second-order valence-corrected chi connectivity index (χ2v) is 5.46. The van der Waals surface area contributed by atoms with E-state index in [9.17, 15) is 9.59 Å². The number of nitriles is 1. The molecule has 2 rings (SSSR count). The highest BCUT2D eigenvalue weighted by Crippen LogP contribution is 2.37. The highest BCUT2D eigenvalue weighted by Gasteiger charge is 2.17. The van der Waals surface area contributed by atoms with E-state index >= 15 is 0 Å². The molecule has 1 heterocycles. The van der Waals surface area contributed by atoms with Crippen LogP contribution in [0.2, 0.25) is 5.02 Å². The molecular weight excluding hydrogens is 324 g/mol. The van der Waals surface area contributed by atoms with Gasteiger partial charge in [-0.15, -0.1) is 0 Å². The lowest BCUT2D eigenvalue weighted by molar-refractivity contribution is 0.0595. The SMILES string of the molecule is COC(=O)c1cccnc1Sc1c(Cl)cc(C#N)cc1C=O. The number of carbonyl (C=O) groups is 2. The average Bonchev–Trinajstić information content (AvgIpc) is 2.56. The van der Waals surface area contributed by atoms with Crippen molar-refractivity contribution in [2.75, 3.05) is 7.11 Å². The maximum absolute atomic E-state index is 11.7. The van der Waals surface area contributed by atoms with Gasteiger partial charge in [0.2, 0.25) is 0 Å². The van der Waals surface area contributed by atoms with Gasteiger partial charge in [-0.3, -0.25) is 4.79 Å². The fourth-order valence-electron chi connectivity index (χ4n) is 1.71. The van der Waals surface area contributed by atoms with E-state index in [0.29, 0.717) is 16.2 Å². The van der Waals surface area contributed by atoms with E-state index < -0.39 is 5.97 Å². The minimum absolute atomic E-state index is 0.243. The molecule has 0 aliphatic rings. The predicted molar refractivity (Wildman–Crippen MR) is 81.3 cm³/mol. The standard InChI is InChI=1S/C15H9ClN2O3S/c1-21-15(20)11-3-2-4-18-14(11)22-13-10(8-19)5-9(7-17)6-12(13)16/h2-6,8H,1H3. The van der Waals surface area contributed by atoms with Gasteiger partial charge < -0.3 is 4.74 Å². The fourth-order valence-corrected chi connectivity index (χ4v) is 3.00. The number of esters is 1. The molecular formula is C15H9ClN2O3S. The van der Waals surface area contributed by atoms with E-state index in [1.165, 1.54) is 25.4 Å². The third-order valence-electron chi connectivity index (χ3n) is 2.70. The Kier molecular flexibility index (Phi) is 5.15. The Balaban J connectivity index is 2.51. The third kappa shape index (κ3) is 3.27. The molecule has 0 N–H and O–H groups in total. The number of halogens is 1. The van der Waals surface area contributed by atoms with Crippen LogP contribution in [0.15, 0.2) is 40.4 Å². The molecule has 0 saturated carbocycles. The molecule has 0 aliphatic carbocycles. The van der Waals surface area contributed by atoms with E-state index in [1.807, 2.05) is 6.07 Å². The smallest absolute Gasteiger partial charge is 0.340 e. The first-order chi connectivity index (χ1) is 10.6. The Labute approximate surface area is 135 Å². The summed E-state index contributed by atoms with van der Waals surface area (Å²) in [7, 11) is 1.27. The number of aldehydes is 1. The summed E-state index contributed by atoms with van der Waals surface area (Å²) in [5.41, 5.74) is 0.813. The number of benzene rings is 1. The van der Waals surface area contributed by atoms with Crippen molar-refractivity contribution in [3.8, 4) is 6.07 Å². The van der Waals surface area contributed by atoms with Crippen LogP contribution in [0, 0.1) is 11.3 Å². The topological polar surface area (TPSA) is 80.0 Å². The van der Waals surface area contributed by atoms with Crippen LogP contribution in [0.3, 0.4) is 0 Å². The van der Waals surface area contributed by atoms with Crippen LogP contribution in [-0.4, -0.2) is 24.3 Å². The summed E-state index contributed by atoms with van der Waals surface area (Å²) in [5.74, 6) is -0.534. The summed E-state index contributed by atoms with van der Waals surface area (Å²) >= 11 is 7.20. The van der Waals surface area contributed by atoms with Crippen LogP contribution in [0.1, 0.15) is 26.3 Å². The van der Waals surface area contributed by atoms with E-state index in [4.69, 9.17) is 21.6 Å². The number of aromatic nitrogens is 1. The Morgan fingerprint density at radius 2 is 2.27 bits per heavy atom. The lowest BCUT2D eigenvalue weighted by Gasteiger charge is -2.09. The highest BCUT2D eigenvalue weighted by atomic mass is 35.5. The number of rotatable bonds is 4. The molecule has 7 heteroatoms. The van der Waals surface area contributed by atoms with Gasteiger partial charge in [0, 0.05) is 16.7 Å². The van der Waals surface area contributed by atoms with Crippen LogP contribution in [0.4, 0.5) is 0 Å². The van der Waals surface area contributed by atoms with Gasteiger partial charge in [-0.2, -0.15) is 5.26 Å². The molecule has 0 amide bonds. The highest BCUT2D eigenvalue weighted by molar-refractivity contribution is 7.99. The predicted octanol–water partition coefficient (Wildman–Crippen LogP) is 3.36. The molecule has 1 aromatic heterocycles. The number of pyridine rings is 1. The maximum Gasteiger partial charge on any atom is 0.340 e.